The predicted molar refractivity (Wildman–Crippen MR) is 68.4 cm³/mol. The van der Waals surface area contributed by atoms with E-state index >= 15 is 0 Å². The summed E-state index contributed by atoms with van der Waals surface area (Å²) >= 11 is 0. The molecule has 0 atom stereocenters. The lowest BCUT2D eigenvalue weighted by Gasteiger charge is -2.05. The van der Waals surface area contributed by atoms with Crippen LogP contribution in [0.1, 0.15) is 0 Å². The number of anilines is 1. The van der Waals surface area contributed by atoms with Gasteiger partial charge in [0.2, 0.25) is 0 Å². The lowest BCUT2D eigenvalue weighted by atomic mass is 10.0. The van der Waals surface area contributed by atoms with E-state index in [1.165, 1.54) is 0 Å². The molecule has 2 N–H and O–H groups in total. The molecule has 0 radical (unpaired) electrons. The lowest BCUT2D eigenvalue weighted by molar-refractivity contribution is 0.779. The highest BCUT2D eigenvalue weighted by Gasteiger charge is 2.09. The fourth-order valence-corrected chi connectivity index (χ4v) is 2.01. The highest BCUT2D eigenvalue weighted by molar-refractivity contribution is 5.98. The monoisotopic (exact) mass is 224 g/mol. The Morgan fingerprint density at radius 2 is 2.00 bits per heavy atom. The van der Waals surface area contributed by atoms with Crippen molar-refractivity contribution in [2.75, 3.05) is 5.73 Å². The predicted octanol–water partition coefficient (Wildman–Crippen LogP) is 2.22. The summed E-state index contributed by atoms with van der Waals surface area (Å²) in [4.78, 5) is 4.12. The van der Waals surface area contributed by atoms with Gasteiger partial charge >= 0.3 is 0 Å². The van der Waals surface area contributed by atoms with Gasteiger partial charge < -0.3 is 5.73 Å². The van der Waals surface area contributed by atoms with Gasteiger partial charge in [-0.25, -0.2) is 0 Å². The largest absolute Gasteiger partial charge is 0.383 e. The van der Waals surface area contributed by atoms with Gasteiger partial charge in [-0.05, 0) is 17.0 Å². The molecule has 0 aliphatic heterocycles. The van der Waals surface area contributed by atoms with Gasteiger partial charge in [-0.2, -0.15) is 5.10 Å². The van der Waals surface area contributed by atoms with Crippen LogP contribution in [0.5, 0.6) is 0 Å². The van der Waals surface area contributed by atoms with Crippen LogP contribution >= 0.6 is 0 Å². The fraction of sp³-hybridized carbons (Fsp3) is 0.0769. The standard InChI is InChI=1S/C13H12N4/c1-17-13(14)12(8-16-17)11-4-2-3-9-7-15-6-5-10(9)11/h2-8H,14H2,1H3. The third-order valence-corrected chi connectivity index (χ3v) is 2.96. The lowest BCUT2D eigenvalue weighted by Crippen LogP contribution is -1.98. The summed E-state index contributed by atoms with van der Waals surface area (Å²) in [5.74, 6) is 0.675. The van der Waals surface area contributed by atoms with Gasteiger partial charge in [-0.1, -0.05) is 18.2 Å². The second kappa shape index (κ2) is 3.59. The first-order chi connectivity index (χ1) is 8.27. The van der Waals surface area contributed by atoms with Crippen LogP contribution in [0.25, 0.3) is 21.9 Å². The summed E-state index contributed by atoms with van der Waals surface area (Å²) < 4.78 is 1.68. The second-order valence-electron chi connectivity index (χ2n) is 3.97. The van der Waals surface area contributed by atoms with Crippen LogP contribution in [0.3, 0.4) is 0 Å². The van der Waals surface area contributed by atoms with E-state index in [2.05, 4.69) is 16.1 Å². The van der Waals surface area contributed by atoms with E-state index in [1.807, 2.05) is 31.4 Å². The van der Waals surface area contributed by atoms with Crippen LogP contribution < -0.4 is 5.73 Å². The van der Waals surface area contributed by atoms with Crippen molar-refractivity contribution in [1.29, 1.82) is 0 Å². The minimum absolute atomic E-state index is 0.675. The Morgan fingerprint density at radius 1 is 1.12 bits per heavy atom. The third kappa shape index (κ3) is 1.45. The average Bonchev–Trinajstić information content (AvgIpc) is 2.69. The second-order valence-corrected chi connectivity index (χ2v) is 3.97. The smallest absolute Gasteiger partial charge is 0.129 e. The first-order valence-corrected chi connectivity index (χ1v) is 5.38. The van der Waals surface area contributed by atoms with Crippen molar-refractivity contribution in [1.82, 2.24) is 14.8 Å². The Kier molecular flexibility index (Phi) is 2.08. The SMILES string of the molecule is Cn1ncc(-c2cccc3cnccc23)c1N. The highest BCUT2D eigenvalue weighted by atomic mass is 15.3. The van der Waals surface area contributed by atoms with Crippen LogP contribution in [-0.4, -0.2) is 14.8 Å². The van der Waals surface area contributed by atoms with E-state index in [9.17, 15) is 0 Å². The normalized spacial score (nSPS) is 10.9. The molecule has 0 spiro atoms. The molecule has 84 valence electrons. The van der Waals surface area contributed by atoms with E-state index in [4.69, 9.17) is 5.73 Å². The minimum Gasteiger partial charge on any atom is -0.383 e. The number of aromatic nitrogens is 3. The first kappa shape index (κ1) is 9.84. The van der Waals surface area contributed by atoms with E-state index in [0.29, 0.717) is 5.82 Å². The topological polar surface area (TPSA) is 56.7 Å². The molecule has 0 saturated heterocycles. The Balaban J connectivity index is 2.34. The van der Waals surface area contributed by atoms with Gasteiger partial charge in [0.1, 0.15) is 5.82 Å². The summed E-state index contributed by atoms with van der Waals surface area (Å²) in [6, 6.07) is 8.09. The molecule has 4 heteroatoms. The van der Waals surface area contributed by atoms with Crippen molar-refractivity contribution < 1.29 is 0 Å². The molecule has 2 heterocycles. The number of rotatable bonds is 1. The van der Waals surface area contributed by atoms with Gasteiger partial charge in [0.05, 0.1) is 6.20 Å². The maximum Gasteiger partial charge on any atom is 0.129 e. The number of benzene rings is 1. The molecule has 2 aromatic heterocycles. The number of hydrogen-bond acceptors (Lipinski definition) is 3. The van der Waals surface area contributed by atoms with Gasteiger partial charge in [-0.3, -0.25) is 9.67 Å². The fourth-order valence-electron chi connectivity index (χ4n) is 2.01. The Morgan fingerprint density at radius 3 is 2.76 bits per heavy atom. The number of nitrogens with zero attached hydrogens (tertiary/aromatic N) is 3. The molecule has 3 aromatic rings. The maximum absolute atomic E-state index is 6.01. The van der Waals surface area contributed by atoms with Crippen molar-refractivity contribution >= 4 is 16.6 Å². The maximum atomic E-state index is 6.01. The van der Waals surface area contributed by atoms with Gasteiger partial charge in [0, 0.05) is 30.4 Å². The van der Waals surface area contributed by atoms with Crippen molar-refractivity contribution in [3.05, 3.63) is 42.9 Å². The summed E-state index contributed by atoms with van der Waals surface area (Å²) in [5.41, 5.74) is 8.07. The molecule has 0 aliphatic rings. The zero-order valence-electron chi connectivity index (χ0n) is 9.46. The summed E-state index contributed by atoms with van der Waals surface area (Å²) in [6.07, 6.45) is 5.44. The van der Waals surface area contributed by atoms with Crippen LogP contribution in [0.4, 0.5) is 5.82 Å². The first-order valence-electron chi connectivity index (χ1n) is 5.38. The van der Waals surface area contributed by atoms with Crippen LogP contribution in [0, 0.1) is 0 Å². The number of aryl methyl sites for hydroxylation is 1. The van der Waals surface area contributed by atoms with Crippen LogP contribution in [0.2, 0.25) is 0 Å². The quantitative estimate of drug-likeness (QED) is 0.689. The molecule has 0 unspecified atom stereocenters. The highest BCUT2D eigenvalue weighted by Crippen LogP contribution is 2.31. The molecule has 0 amide bonds. The third-order valence-electron chi connectivity index (χ3n) is 2.96. The Bertz CT molecular complexity index is 679. The zero-order valence-corrected chi connectivity index (χ0v) is 9.46. The molecule has 3 rings (SSSR count). The van der Waals surface area contributed by atoms with E-state index < -0.39 is 0 Å². The molecular formula is C13H12N4. The zero-order chi connectivity index (χ0) is 11.8. The van der Waals surface area contributed by atoms with Gasteiger partial charge in [-0.15, -0.1) is 0 Å². The minimum atomic E-state index is 0.675. The molecule has 17 heavy (non-hydrogen) atoms. The van der Waals surface area contributed by atoms with Crippen molar-refractivity contribution in [2.24, 2.45) is 7.05 Å². The van der Waals surface area contributed by atoms with Crippen LogP contribution in [-0.2, 0) is 7.05 Å². The van der Waals surface area contributed by atoms with E-state index in [1.54, 1.807) is 17.1 Å². The molecule has 0 bridgehead atoms. The van der Waals surface area contributed by atoms with E-state index in [-0.39, 0.29) is 0 Å². The summed E-state index contributed by atoms with van der Waals surface area (Å²) in [6.45, 7) is 0. The number of nitrogen functional groups attached to an aromatic ring is 1. The van der Waals surface area contributed by atoms with Crippen LogP contribution in [0.15, 0.2) is 42.9 Å². The molecule has 1 aromatic carbocycles. The molecule has 0 fully saturated rings. The van der Waals surface area contributed by atoms with Gasteiger partial charge in [0.25, 0.3) is 0 Å². The van der Waals surface area contributed by atoms with Gasteiger partial charge in [0.15, 0.2) is 0 Å². The number of fused-ring (bicyclic) bond motifs is 1. The van der Waals surface area contributed by atoms with E-state index in [0.717, 1.165) is 21.9 Å². The number of nitrogens with two attached hydrogens (primary N) is 1. The van der Waals surface area contributed by atoms with Crippen molar-refractivity contribution in [3.8, 4) is 11.1 Å². The molecule has 0 aliphatic carbocycles. The Labute approximate surface area is 98.7 Å². The molecule has 4 nitrogen and oxygen atoms in total. The summed E-state index contributed by atoms with van der Waals surface area (Å²) in [7, 11) is 1.84. The number of hydrogen-bond donors (Lipinski definition) is 1. The average molecular weight is 224 g/mol. The summed E-state index contributed by atoms with van der Waals surface area (Å²) in [5, 5.41) is 6.42. The Hall–Kier alpha value is -2.36. The van der Waals surface area contributed by atoms with Crippen molar-refractivity contribution in [2.45, 2.75) is 0 Å². The molecular weight excluding hydrogens is 212 g/mol. The number of pyridine rings is 1. The van der Waals surface area contributed by atoms with Crippen molar-refractivity contribution in [3.63, 3.8) is 0 Å². The molecule has 0 saturated carbocycles.